The van der Waals surface area contributed by atoms with E-state index in [9.17, 15) is 15.0 Å². The van der Waals surface area contributed by atoms with E-state index in [2.05, 4.69) is 0 Å². The van der Waals surface area contributed by atoms with E-state index in [-0.39, 0.29) is 11.3 Å². The maximum Gasteiger partial charge on any atom is 0.336 e. The zero-order valence-corrected chi connectivity index (χ0v) is 12.5. The van der Waals surface area contributed by atoms with Crippen LogP contribution in [0.15, 0.2) is 42.5 Å². The van der Waals surface area contributed by atoms with Gasteiger partial charge < -0.3 is 14.9 Å². The minimum Gasteiger partial charge on any atom is -0.508 e. The van der Waals surface area contributed by atoms with Crippen LogP contribution in [0.4, 0.5) is 0 Å². The number of aromatic hydroxyl groups is 1. The number of carbonyl (C=O) groups is 1. The van der Waals surface area contributed by atoms with Gasteiger partial charge in [0.15, 0.2) is 0 Å². The number of hydrogen-bond donors (Lipinski definition) is 2. The highest BCUT2D eigenvalue weighted by molar-refractivity contribution is 6.21. The van der Waals surface area contributed by atoms with E-state index in [0.717, 1.165) is 11.3 Å². The second-order valence-corrected chi connectivity index (χ2v) is 4.86. The predicted molar refractivity (Wildman–Crippen MR) is 86.0 cm³/mol. The average molecular weight is 298 g/mol. The molecule has 0 aliphatic heterocycles. The quantitative estimate of drug-likeness (QED) is 0.652. The van der Waals surface area contributed by atoms with Gasteiger partial charge in [0, 0.05) is 0 Å². The molecule has 2 aromatic rings. The summed E-state index contributed by atoms with van der Waals surface area (Å²) in [6.07, 6.45) is 1.59. The van der Waals surface area contributed by atoms with Gasteiger partial charge in [-0.15, -0.1) is 0 Å². The number of phenolic OH excluding ortho intramolecular Hbond substituents is 1. The summed E-state index contributed by atoms with van der Waals surface area (Å²) >= 11 is 0. The van der Waals surface area contributed by atoms with Crippen molar-refractivity contribution in [2.24, 2.45) is 0 Å². The van der Waals surface area contributed by atoms with Gasteiger partial charge in [-0.2, -0.15) is 0 Å². The number of aryl methyl sites for hydroxylation is 1. The van der Waals surface area contributed by atoms with Crippen molar-refractivity contribution >= 4 is 17.6 Å². The molecule has 2 rings (SSSR count). The van der Waals surface area contributed by atoms with Gasteiger partial charge in [0.05, 0.1) is 12.2 Å². The Morgan fingerprint density at radius 1 is 1.18 bits per heavy atom. The molecule has 0 spiro atoms. The molecule has 0 fully saturated rings. The Morgan fingerprint density at radius 3 is 2.41 bits per heavy atom. The number of benzene rings is 2. The fraction of sp³-hybridized carbons (Fsp3) is 0.167. The third-order valence-corrected chi connectivity index (χ3v) is 3.23. The molecule has 0 saturated carbocycles. The molecule has 0 amide bonds. The van der Waals surface area contributed by atoms with Crippen LogP contribution in [0.5, 0.6) is 11.5 Å². The van der Waals surface area contributed by atoms with Crippen LogP contribution in [0.2, 0.25) is 0 Å². The normalized spacial score (nSPS) is 11.3. The third kappa shape index (κ3) is 3.67. The monoisotopic (exact) mass is 298 g/mol. The Balaban J connectivity index is 2.44. The maximum absolute atomic E-state index is 11.6. The molecule has 0 aliphatic rings. The van der Waals surface area contributed by atoms with Gasteiger partial charge in [-0.25, -0.2) is 4.79 Å². The van der Waals surface area contributed by atoms with Gasteiger partial charge in [-0.05, 0) is 60.9 Å². The van der Waals surface area contributed by atoms with Gasteiger partial charge in [0.25, 0.3) is 0 Å². The fourth-order valence-electron chi connectivity index (χ4n) is 2.19. The standard InChI is InChI=1S/C18H18O4/c1-3-22-15-8-9-16(12(2)10-15)17(18(20)21)11-13-4-6-14(19)7-5-13/h4-11,19H,3H2,1-2H3,(H,20,21)/b17-11-. The van der Waals surface area contributed by atoms with Crippen LogP contribution >= 0.6 is 0 Å². The summed E-state index contributed by atoms with van der Waals surface area (Å²) in [6, 6.07) is 11.7. The lowest BCUT2D eigenvalue weighted by molar-refractivity contribution is -0.130. The third-order valence-electron chi connectivity index (χ3n) is 3.23. The van der Waals surface area contributed by atoms with Crippen molar-refractivity contribution in [3.63, 3.8) is 0 Å². The first-order valence-corrected chi connectivity index (χ1v) is 6.99. The fourth-order valence-corrected chi connectivity index (χ4v) is 2.19. The first-order valence-electron chi connectivity index (χ1n) is 6.99. The molecule has 0 unspecified atom stereocenters. The van der Waals surface area contributed by atoms with Crippen molar-refractivity contribution in [2.45, 2.75) is 13.8 Å². The highest BCUT2D eigenvalue weighted by Crippen LogP contribution is 2.26. The molecule has 0 saturated heterocycles. The van der Waals surface area contributed by atoms with Crippen LogP contribution < -0.4 is 4.74 Å². The number of aliphatic carboxylic acids is 1. The van der Waals surface area contributed by atoms with E-state index in [1.165, 1.54) is 12.1 Å². The number of carboxylic acids is 1. The van der Waals surface area contributed by atoms with E-state index < -0.39 is 5.97 Å². The SMILES string of the molecule is CCOc1ccc(/C(=C/c2ccc(O)cc2)C(=O)O)c(C)c1. The molecule has 0 radical (unpaired) electrons. The average Bonchev–Trinajstić information content (AvgIpc) is 2.47. The van der Waals surface area contributed by atoms with E-state index in [4.69, 9.17) is 4.74 Å². The lowest BCUT2D eigenvalue weighted by atomic mass is 9.98. The second-order valence-electron chi connectivity index (χ2n) is 4.86. The van der Waals surface area contributed by atoms with Crippen LogP contribution in [-0.4, -0.2) is 22.8 Å². The highest BCUT2D eigenvalue weighted by atomic mass is 16.5. The number of rotatable bonds is 5. The largest absolute Gasteiger partial charge is 0.508 e. The Bertz CT molecular complexity index is 700. The summed E-state index contributed by atoms with van der Waals surface area (Å²) < 4.78 is 5.42. The summed E-state index contributed by atoms with van der Waals surface area (Å²) in [7, 11) is 0. The predicted octanol–water partition coefficient (Wildman–Crippen LogP) is 3.72. The van der Waals surface area contributed by atoms with Gasteiger partial charge in [-0.3, -0.25) is 0 Å². The molecule has 22 heavy (non-hydrogen) atoms. The van der Waals surface area contributed by atoms with Crippen molar-refractivity contribution in [1.29, 1.82) is 0 Å². The van der Waals surface area contributed by atoms with E-state index in [1.807, 2.05) is 19.9 Å². The first-order chi connectivity index (χ1) is 10.5. The number of phenols is 1. The first kappa shape index (κ1) is 15.6. The second kappa shape index (κ2) is 6.80. The minimum absolute atomic E-state index is 0.145. The smallest absolute Gasteiger partial charge is 0.336 e. The van der Waals surface area contributed by atoms with Gasteiger partial charge in [-0.1, -0.05) is 18.2 Å². The van der Waals surface area contributed by atoms with Gasteiger partial charge >= 0.3 is 5.97 Å². The molecular weight excluding hydrogens is 280 g/mol. The van der Waals surface area contributed by atoms with Crippen LogP contribution in [0.3, 0.4) is 0 Å². The Hall–Kier alpha value is -2.75. The van der Waals surface area contributed by atoms with Gasteiger partial charge in [0.1, 0.15) is 11.5 Å². The van der Waals surface area contributed by atoms with E-state index >= 15 is 0 Å². The van der Waals surface area contributed by atoms with Crippen molar-refractivity contribution in [3.8, 4) is 11.5 Å². The van der Waals surface area contributed by atoms with Crippen molar-refractivity contribution < 1.29 is 19.7 Å². The molecular formula is C18H18O4. The molecule has 114 valence electrons. The highest BCUT2D eigenvalue weighted by Gasteiger charge is 2.13. The molecule has 0 aromatic heterocycles. The van der Waals surface area contributed by atoms with Crippen LogP contribution in [-0.2, 0) is 4.79 Å². The zero-order valence-electron chi connectivity index (χ0n) is 12.5. The van der Waals surface area contributed by atoms with Crippen LogP contribution in [0.1, 0.15) is 23.6 Å². The molecule has 0 atom stereocenters. The molecule has 0 aliphatic carbocycles. The summed E-state index contributed by atoms with van der Waals surface area (Å²) in [4.78, 5) is 11.6. The van der Waals surface area contributed by atoms with Crippen LogP contribution in [0, 0.1) is 6.92 Å². The molecule has 2 N–H and O–H groups in total. The number of ether oxygens (including phenoxy) is 1. The molecule has 4 nitrogen and oxygen atoms in total. The van der Waals surface area contributed by atoms with Crippen molar-refractivity contribution in [2.75, 3.05) is 6.61 Å². The Labute approximate surface area is 129 Å². The Kier molecular flexibility index (Phi) is 4.84. The number of carboxylic acid groups (broad SMARTS) is 1. The minimum atomic E-state index is -1.000. The molecule has 0 heterocycles. The molecule has 2 aromatic carbocycles. The lowest BCUT2D eigenvalue weighted by Gasteiger charge is -2.10. The maximum atomic E-state index is 11.6. The summed E-state index contributed by atoms with van der Waals surface area (Å²) in [6.45, 7) is 4.32. The summed E-state index contributed by atoms with van der Waals surface area (Å²) in [5, 5.41) is 18.8. The Morgan fingerprint density at radius 2 is 1.86 bits per heavy atom. The van der Waals surface area contributed by atoms with E-state index in [0.29, 0.717) is 17.7 Å². The lowest BCUT2D eigenvalue weighted by Crippen LogP contribution is -2.02. The topological polar surface area (TPSA) is 66.8 Å². The van der Waals surface area contributed by atoms with Crippen molar-refractivity contribution in [1.82, 2.24) is 0 Å². The van der Waals surface area contributed by atoms with E-state index in [1.54, 1.807) is 30.3 Å². The molecule has 0 bridgehead atoms. The molecule has 4 heteroatoms. The van der Waals surface area contributed by atoms with Crippen molar-refractivity contribution in [3.05, 3.63) is 59.2 Å². The zero-order chi connectivity index (χ0) is 16.1. The van der Waals surface area contributed by atoms with Crippen LogP contribution in [0.25, 0.3) is 11.6 Å². The number of hydrogen-bond acceptors (Lipinski definition) is 3. The van der Waals surface area contributed by atoms with Gasteiger partial charge in [0.2, 0.25) is 0 Å². The summed E-state index contributed by atoms with van der Waals surface area (Å²) in [5.41, 5.74) is 2.39. The summed E-state index contributed by atoms with van der Waals surface area (Å²) in [5.74, 6) is -0.135.